The molecule has 2 rings (SSSR count). The fraction of sp³-hybridized carbons (Fsp3) is 0.786. The number of amides is 1. The summed E-state index contributed by atoms with van der Waals surface area (Å²) in [4.78, 5) is 16.1. The fourth-order valence-corrected chi connectivity index (χ4v) is 2.63. The van der Waals surface area contributed by atoms with E-state index in [4.69, 9.17) is 0 Å². The lowest BCUT2D eigenvalue weighted by Crippen LogP contribution is -2.42. The zero-order chi connectivity index (χ0) is 14.4. The summed E-state index contributed by atoms with van der Waals surface area (Å²) in [5, 5.41) is 19.9. The van der Waals surface area contributed by atoms with Crippen molar-refractivity contribution >= 4 is 5.91 Å². The number of H-pyrrole nitrogens is 1. The van der Waals surface area contributed by atoms with E-state index in [0.717, 1.165) is 57.2 Å². The van der Waals surface area contributed by atoms with Crippen LogP contribution in [-0.2, 0) is 6.42 Å². The summed E-state index contributed by atoms with van der Waals surface area (Å²) in [6.45, 7) is 2.33. The molecule has 0 aromatic carbocycles. The molecule has 1 aliphatic carbocycles. The maximum Gasteiger partial charge on any atom is 0.291 e. The first kappa shape index (κ1) is 15.0. The molecule has 6 nitrogen and oxygen atoms in total. The van der Waals surface area contributed by atoms with Crippen molar-refractivity contribution < 1.29 is 9.90 Å². The second kappa shape index (κ2) is 6.83. The lowest BCUT2D eigenvalue weighted by molar-refractivity contribution is 0.0245. The molecule has 1 aromatic heterocycles. The Kier molecular flexibility index (Phi) is 5.11. The van der Waals surface area contributed by atoms with Gasteiger partial charge in [-0.3, -0.25) is 9.89 Å². The number of carbonyl (C=O) groups excluding carboxylic acids is 1. The molecule has 0 unspecified atom stereocenters. The van der Waals surface area contributed by atoms with Crippen LogP contribution in [0.1, 0.15) is 68.3 Å². The molecule has 0 bridgehead atoms. The number of aryl methyl sites for hydroxylation is 1. The first-order chi connectivity index (χ1) is 9.63. The van der Waals surface area contributed by atoms with Crippen LogP contribution < -0.4 is 5.32 Å². The van der Waals surface area contributed by atoms with Crippen molar-refractivity contribution in [2.75, 3.05) is 6.54 Å². The number of hydrogen-bond acceptors (Lipinski definition) is 4. The molecule has 0 radical (unpaired) electrons. The van der Waals surface area contributed by atoms with Gasteiger partial charge in [-0.05, 0) is 19.3 Å². The lowest BCUT2D eigenvalue weighted by atomic mass is 9.94. The largest absolute Gasteiger partial charge is 0.388 e. The third kappa shape index (κ3) is 4.03. The highest BCUT2D eigenvalue weighted by molar-refractivity contribution is 5.90. The van der Waals surface area contributed by atoms with Gasteiger partial charge in [0, 0.05) is 13.0 Å². The van der Waals surface area contributed by atoms with E-state index >= 15 is 0 Å². The second-order valence-electron chi connectivity index (χ2n) is 5.68. The van der Waals surface area contributed by atoms with Crippen molar-refractivity contribution in [2.45, 2.75) is 63.9 Å². The van der Waals surface area contributed by atoms with Gasteiger partial charge in [0.2, 0.25) is 5.82 Å². The van der Waals surface area contributed by atoms with Crippen LogP contribution in [0.15, 0.2) is 0 Å². The summed E-state index contributed by atoms with van der Waals surface area (Å²) in [5.74, 6) is 0.567. The van der Waals surface area contributed by atoms with Crippen molar-refractivity contribution in [1.82, 2.24) is 20.5 Å². The number of aromatic nitrogens is 3. The summed E-state index contributed by atoms with van der Waals surface area (Å²) in [5.41, 5.74) is -0.769. The van der Waals surface area contributed by atoms with Crippen molar-refractivity contribution in [3.05, 3.63) is 11.6 Å². The van der Waals surface area contributed by atoms with Crippen LogP contribution in [-0.4, -0.2) is 38.3 Å². The Labute approximate surface area is 119 Å². The molecule has 0 atom stereocenters. The van der Waals surface area contributed by atoms with Crippen LogP contribution in [0, 0.1) is 0 Å². The van der Waals surface area contributed by atoms with Gasteiger partial charge in [-0.15, -0.1) is 5.10 Å². The summed E-state index contributed by atoms with van der Waals surface area (Å²) in [7, 11) is 0. The maximum absolute atomic E-state index is 12.0. The van der Waals surface area contributed by atoms with E-state index < -0.39 is 5.60 Å². The molecule has 1 aliphatic rings. The number of nitrogens with zero attached hydrogens (tertiary/aromatic N) is 2. The number of rotatable bonds is 5. The van der Waals surface area contributed by atoms with Crippen LogP contribution in [0.2, 0.25) is 0 Å². The average Bonchev–Trinajstić information content (AvgIpc) is 2.79. The van der Waals surface area contributed by atoms with Gasteiger partial charge in [0.1, 0.15) is 5.82 Å². The third-order valence-electron chi connectivity index (χ3n) is 3.83. The normalized spacial score (nSPS) is 18.5. The Morgan fingerprint density at radius 1 is 1.35 bits per heavy atom. The van der Waals surface area contributed by atoms with E-state index in [1.54, 1.807) is 0 Å². The SMILES string of the molecule is CCCc1nc(C(=O)NCC2(O)CCCCCC2)n[nH]1. The summed E-state index contributed by atoms with van der Waals surface area (Å²) in [6.07, 6.45) is 7.61. The maximum atomic E-state index is 12.0. The molecule has 1 heterocycles. The minimum absolute atomic E-state index is 0.158. The van der Waals surface area contributed by atoms with Crippen LogP contribution in [0.5, 0.6) is 0 Å². The van der Waals surface area contributed by atoms with Gasteiger partial charge in [-0.1, -0.05) is 32.6 Å². The molecule has 0 spiro atoms. The summed E-state index contributed by atoms with van der Waals surface area (Å²) in [6, 6.07) is 0. The van der Waals surface area contributed by atoms with E-state index in [0.29, 0.717) is 0 Å². The number of carbonyl (C=O) groups is 1. The molecule has 3 N–H and O–H groups in total. The lowest BCUT2D eigenvalue weighted by Gasteiger charge is -2.26. The minimum atomic E-state index is -0.769. The van der Waals surface area contributed by atoms with Crippen LogP contribution in [0.3, 0.4) is 0 Å². The van der Waals surface area contributed by atoms with Gasteiger partial charge in [0.05, 0.1) is 5.60 Å². The van der Waals surface area contributed by atoms with Gasteiger partial charge in [0.25, 0.3) is 5.91 Å². The Morgan fingerprint density at radius 3 is 2.70 bits per heavy atom. The number of hydrogen-bond donors (Lipinski definition) is 3. The highest BCUT2D eigenvalue weighted by Gasteiger charge is 2.28. The van der Waals surface area contributed by atoms with Gasteiger partial charge in [0.15, 0.2) is 0 Å². The van der Waals surface area contributed by atoms with Gasteiger partial charge < -0.3 is 10.4 Å². The predicted octanol–water partition coefficient (Wildman–Crippen LogP) is 1.57. The van der Waals surface area contributed by atoms with E-state index in [1.165, 1.54) is 0 Å². The second-order valence-corrected chi connectivity index (χ2v) is 5.68. The number of nitrogens with one attached hydrogen (secondary N) is 2. The zero-order valence-electron chi connectivity index (χ0n) is 12.1. The molecular weight excluding hydrogens is 256 g/mol. The molecule has 0 saturated heterocycles. The quantitative estimate of drug-likeness (QED) is 0.714. The predicted molar refractivity (Wildman–Crippen MR) is 75.4 cm³/mol. The Bertz CT molecular complexity index is 436. The number of aliphatic hydroxyl groups is 1. The average molecular weight is 280 g/mol. The minimum Gasteiger partial charge on any atom is -0.388 e. The topological polar surface area (TPSA) is 90.9 Å². The molecule has 1 fully saturated rings. The molecule has 6 heteroatoms. The Balaban J connectivity index is 1.87. The summed E-state index contributed by atoms with van der Waals surface area (Å²) < 4.78 is 0. The third-order valence-corrected chi connectivity index (χ3v) is 3.83. The van der Waals surface area contributed by atoms with E-state index in [2.05, 4.69) is 20.5 Å². The highest BCUT2D eigenvalue weighted by Crippen LogP contribution is 2.26. The Morgan fingerprint density at radius 2 is 2.05 bits per heavy atom. The fourth-order valence-electron chi connectivity index (χ4n) is 2.63. The van der Waals surface area contributed by atoms with Gasteiger partial charge in [-0.25, -0.2) is 4.98 Å². The molecule has 1 aromatic rings. The monoisotopic (exact) mass is 280 g/mol. The smallest absolute Gasteiger partial charge is 0.291 e. The standard InChI is InChI=1S/C14H24N4O2/c1-2-7-11-16-12(18-17-11)13(19)15-10-14(20)8-5-3-4-6-9-14/h20H,2-10H2,1H3,(H,15,19)(H,16,17,18). The first-order valence-electron chi connectivity index (χ1n) is 7.55. The van der Waals surface area contributed by atoms with Crippen molar-refractivity contribution in [3.63, 3.8) is 0 Å². The van der Waals surface area contributed by atoms with E-state index in [1.807, 2.05) is 6.92 Å². The van der Waals surface area contributed by atoms with Gasteiger partial charge in [-0.2, -0.15) is 0 Å². The zero-order valence-corrected chi connectivity index (χ0v) is 12.1. The number of aromatic amines is 1. The van der Waals surface area contributed by atoms with Crippen LogP contribution in [0.4, 0.5) is 0 Å². The van der Waals surface area contributed by atoms with Crippen molar-refractivity contribution in [1.29, 1.82) is 0 Å². The first-order valence-corrected chi connectivity index (χ1v) is 7.55. The van der Waals surface area contributed by atoms with Crippen molar-refractivity contribution in [3.8, 4) is 0 Å². The molecule has 112 valence electrons. The molecule has 20 heavy (non-hydrogen) atoms. The molecule has 1 amide bonds. The summed E-state index contributed by atoms with van der Waals surface area (Å²) >= 11 is 0. The molecule has 0 aliphatic heterocycles. The molecular formula is C14H24N4O2. The van der Waals surface area contributed by atoms with Gasteiger partial charge >= 0.3 is 0 Å². The van der Waals surface area contributed by atoms with Crippen LogP contribution in [0.25, 0.3) is 0 Å². The van der Waals surface area contributed by atoms with E-state index in [-0.39, 0.29) is 18.3 Å². The van der Waals surface area contributed by atoms with Crippen molar-refractivity contribution in [2.24, 2.45) is 0 Å². The Hall–Kier alpha value is -1.43. The van der Waals surface area contributed by atoms with Crippen LogP contribution >= 0.6 is 0 Å². The highest BCUT2D eigenvalue weighted by atomic mass is 16.3. The van der Waals surface area contributed by atoms with E-state index in [9.17, 15) is 9.90 Å². The molecule has 1 saturated carbocycles.